The SMILES string of the molecule is N#Cc1cc(-c2ncnc(Nc3ccc(N4CCOCC4)cc3)n2)ccc1O[C@H]1CCN(C(=O)CO)CC1(F)F. The Balaban J connectivity index is 1.28. The number of aliphatic hydroxyl groups is 1. The van der Waals surface area contributed by atoms with Gasteiger partial charge in [0.25, 0.3) is 0 Å². The molecular formula is C27H27F2N7O4. The Bertz CT molecular complexity index is 1390. The Morgan fingerprint density at radius 3 is 2.65 bits per heavy atom. The van der Waals surface area contributed by atoms with Gasteiger partial charge in [-0.05, 0) is 42.5 Å². The van der Waals surface area contributed by atoms with Gasteiger partial charge in [0.2, 0.25) is 11.9 Å². The Kier molecular flexibility index (Phi) is 7.99. The topological polar surface area (TPSA) is 137 Å². The van der Waals surface area contributed by atoms with Crippen LogP contribution in [0.3, 0.4) is 0 Å². The molecule has 2 fully saturated rings. The number of nitriles is 1. The number of piperidine rings is 1. The third kappa shape index (κ3) is 6.08. The highest BCUT2D eigenvalue weighted by Crippen LogP contribution is 2.33. The number of carbonyl (C=O) groups excluding carboxylic acids is 1. The monoisotopic (exact) mass is 551 g/mol. The number of alkyl halides is 2. The first-order valence-corrected chi connectivity index (χ1v) is 12.7. The van der Waals surface area contributed by atoms with Gasteiger partial charge in [-0.1, -0.05) is 0 Å². The number of anilines is 3. The van der Waals surface area contributed by atoms with E-state index in [9.17, 15) is 18.8 Å². The molecule has 0 unspecified atom stereocenters. The van der Waals surface area contributed by atoms with E-state index in [2.05, 4.69) is 25.2 Å². The lowest BCUT2D eigenvalue weighted by molar-refractivity contribution is -0.161. The van der Waals surface area contributed by atoms with Gasteiger partial charge >= 0.3 is 5.92 Å². The van der Waals surface area contributed by atoms with Crippen LogP contribution in [-0.4, -0.2) is 88.9 Å². The minimum absolute atomic E-state index is 0.00868. The summed E-state index contributed by atoms with van der Waals surface area (Å²) < 4.78 is 40.3. The van der Waals surface area contributed by atoms with Crippen molar-refractivity contribution in [2.24, 2.45) is 0 Å². The number of hydrogen-bond acceptors (Lipinski definition) is 10. The minimum Gasteiger partial charge on any atom is -0.483 e. The van der Waals surface area contributed by atoms with E-state index >= 15 is 0 Å². The molecule has 11 nitrogen and oxygen atoms in total. The van der Waals surface area contributed by atoms with Gasteiger partial charge in [-0.15, -0.1) is 0 Å². The van der Waals surface area contributed by atoms with Crippen LogP contribution in [0.4, 0.5) is 26.1 Å². The van der Waals surface area contributed by atoms with E-state index in [4.69, 9.17) is 14.6 Å². The molecule has 0 spiro atoms. The maximum absolute atomic E-state index is 14.7. The molecule has 1 atom stereocenters. The summed E-state index contributed by atoms with van der Waals surface area (Å²) in [4.78, 5) is 27.6. The minimum atomic E-state index is -3.36. The van der Waals surface area contributed by atoms with E-state index in [1.165, 1.54) is 18.5 Å². The van der Waals surface area contributed by atoms with Crippen molar-refractivity contribution in [1.29, 1.82) is 5.26 Å². The lowest BCUT2D eigenvalue weighted by atomic mass is 10.0. The predicted molar refractivity (Wildman–Crippen MR) is 140 cm³/mol. The smallest absolute Gasteiger partial charge is 0.301 e. The molecule has 5 rings (SSSR count). The molecular weight excluding hydrogens is 524 g/mol. The number of nitrogens with zero attached hydrogens (tertiary/aromatic N) is 6. The highest BCUT2D eigenvalue weighted by molar-refractivity contribution is 5.77. The van der Waals surface area contributed by atoms with Gasteiger partial charge in [0.15, 0.2) is 11.9 Å². The predicted octanol–water partition coefficient (Wildman–Crippen LogP) is 2.60. The summed E-state index contributed by atoms with van der Waals surface area (Å²) >= 11 is 0. The van der Waals surface area contributed by atoms with E-state index in [1.54, 1.807) is 6.07 Å². The number of carbonyl (C=O) groups is 1. The Hall–Kier alpha value is -4.41. The van der Waals surface area contributed by atoms with Crippen LogP contribution in [0, 0.1) is 11.3 Å². The maximum Gasteiger partial charge on any atom is 0.301 e. The fourth-order valence-corrected chi connectivity index (χ4v) is 4.59. The molecule has 0 radical (unpaired) electrons. The zero-order valence-corrected chi connectivity index (χ0v) is 21.5. The van der Waals surface area contributed by atoms with Crippen molar-refractivity contribution in [3.63, 3.8) is 0 Å². The Labute approximate surface area is 229 Å². The Morgan fingerprint density at radius 1 is 1.18 bits per heavy atom. The number of aliphatic hydroxyl groups excluding tert-OH is 1. The molecule has 3 aromatic rings. The standard InChI is InChI=1S/C27H27F2N7O4/c28-27(29)16-36(24(38)15-37)8-7-23(27)40-22-6-1-18(13-19(22)14-30)25-31-17-32-26(34-25)33-20-2-4-21(5-3-20)35-9-11-39-12-10-35/h1-6,13,17,23,37H,7-12,15-16H2,(H,31,32,33,34)/t23-/m0/s1. The summed E-state index contributed by atoms with van der Waals surface area (Å²) in [7, 11) is 0. The molecule has 2 aliphatic heterocycles. The number of halogens is 2. The number of rotatable bonds is 7. The molecule has 2 N–H and O–H groups in total. The van der Waals surface area contributed by atoms with Crippen LogP contribution >= 0.6 is 0 Å². The molecule has 13 heteroatoms. The van der Waals surface area contributed by atoms with Crippen LogP contribution in [0.5, 0.6) is 5.75 Å². The number of hydrogen-bond donors (Lipinski definition) is 2. The van der Waals surface area contributed by atoms with E-state index < -0.39 is 31.1 Å². The molecule has 208 valence electrons. The van der Waals surface area contributed by atoms with Crippen molar-refractivity contribution < 1.29 is 28.2 Å². The third-order valence-electron chi connectivity index (χ3n) is 6.72. The van der Waals surface area contributed by atoms with Gasteiger partial charge in [0.05, 0.1) is 25.3 Å². The fraction of sp³-hybridized carbons (Fsp3) is 0.370. The van der Waals surface area contributed by atoms with Gasteiger partial charge in [-0.25, -0.2) is 18.7 Å². The van der Waals surface area contributed by atoms with Gasteiger partial charge in [0.1, 0.15) is 24.8 Å². The normalized spacial score (nSPS) is 18.6. The van der Waals surface area contributed by atoms with E-state index in [0.29, 0.717) is 24.7 Å². The molecule has 0 aliphatic carbocycles. The zero-order valence-electron chi connectivity index (χ0n) is 21.5. The van der Waals surface area contributed by atoms with Gasteiger partial charge in [-0.3, -0.25) is 4.79 Å². The molecule has 0 bridgehead atoms. The van der Waals surface area contributed by atoms with Crippen molar-refractivity contribution in [2.45, 2.75) is 18.4 Å². The largest absolute Gasteiger partial charge is 0.483 e. The summed E-state index contributed by atoms with van der Waals surface area (Å²) in [5.74, 6) is -3.55. The number of ether oxygens (including phenoxy) is 2. The number of nitrogens with one attached hydrogen (secondary N) is 1. The van der Waals surface area contributed by atoms with E-state index in [0.717, 1.165) is 29.4 Å². The molecule has 1 amide bonds. The van der Waals surface area contributed by atoms with Crippen molar-refractivity contribution in [3.05, 3.63) is 54.4 Å². The summed E-state index contributed by atoms with van der Waals surface area (Å²) in [5, 5.41) is 21.8. The molecule has 2 saturated heterocycles. The molecule has 2 aliphatic rings. The summed E-state index contributed by atoms with van der Waals surface area (Å²) in [6.45, 7) is 1.39. The molecule has 0 saturated carbocycles. The lowest BCUT2D eigenvalue weighted by Gasteiger charge is -2.38. The van der Waals surface area contributed by atoms with Crippen molar-refractivity contribution in [3.8, 4) is 23.2 Å². The second-order valence-electron chi connectivity index (χ2n) is 9.36. The van der Waals surface area contributed by atoms with Crippen LogP contribution in [0.25, 0.3) is 11.4 Å². The fourth-order valence-electron chi connectivity index (χ4n) is 4.59. The number of amides is 1. The summed E-state index contributed by atoms with van der Waals surface area (Å²) in [5.41, 5.74) is 2.39. The highest BCUT2D eigenvalue weighted by atomic mass is 19.3. The van der Waals surface area contributed by atoms with Gasteiger partial charge in [-0.2, -0.15) is 10.2 Å². The summed E-state index contributed by atoms with van der Waals surface area (Å²) in [6, 6.07) is 14.3. The van der Waals surface area contributed by atoms with Crippen LogP contribution < -0.4 is 15.0 Å². The second kappa shape index (κ2) is 11.8. The molecule has 3 heterocycles. The van der Waals surface area contributed by atoms with E-state index in [-0.39, 0.29) is 30.1 Å². The van der Waals surface area contributed by atoms with Crippen LogP contribution in [0.15, 0.2) is 48.8 Å². The first-order chi connectivity index (χ1) is 19.4. The third-order valence-corrected chi connectivity index (χ3v) is 6.72. The number of aromatic nitrogens is 3. The van der Waals surface area contributed by atoms with Crippen LogP contribution in [0.2, 0.25) is 0 Å². The lowest BCUT2D eigenvalue weighted by Crippen LogP contribution is -2.55. The number of benzene rings is 2. The van der Waals surface area contributed by atoms with Crippen LogP contribution in [-0.2, 0) is 9.53 Å². The molecule has 40 heavy (non-hydrogen) atoms. The zero-order chi connectivity index (χ0) is 28.1. The average Bonchev–Trinajstić information content (AvgIpc) is 2.98. The number of likely N-dealkylation sites (tertiary alicyclic amines) is 1. The Morgan fingerprint density at radius 2 is 1.95 bits per heavy atom. The first kappa shape index (κ1) is 27.2. The van der Waals surface area contributed by atoms with Crippen molar-refractivity contribution >= 4 is 23.2 Å². The molecule has 1 aromatic heterocycles. The van der Waals surface area contributed by atoms with Crippen LogP contribution in [0.1, 0.15) is 12.0 Å². The quantitative estimate of drug-likeness (QED) is 0.451. The first-order valence-electron chi connectivity index (χ1n) is 12.7. The second-order valence-corrected chi connectivity index (χ2v) is 9.36. The maximum atomic E-state index is 14.7. The van der Waals surface area contributed by atoms with Crippen molar-refractivity contribution in [2.75, 3.05) is 56.2 Å². The molecule has 2 aromatic carbocycles. The average molecular weight is 552 g/mol. The summed E-state index contributed by atoms with van der Waals surface area (Å²) in [6.07, 6.45) is -0.345. The highest BCUT2D eigenvalue weighted by Gasteiger charge is 2.47. The number of morpholine rings is 1. The van der Waals surface area contributed by atoms with Gasteiger partial charge in [0, 0.05) is 43.0 Å². The van der Waals surface area contributed by atoms with Crippen molar-refractivity contribution in [1.82, 2.24) is 19.9 Å². The van der Waals surface area contributed by atoms with E-state index in [1.807, 2.05) is 30.3 Å². The van der Waals surface area contributed by atoms with Gasteiger partial charge < -0.3 is 29.7 Å².